The van der Waals surface area contributed by atoms with Gasteiger partial charge in [0.25, 0.3) is 0 Å². The molecule has 1 aromatic carbocycles. The Morgan fingerprint density at radius 1 is 1.27 bits per heavy atom. The summed E-state index contributed by atoms with van der Waals surface area (Å²) in [4.78, 5) is 13.1. The Balaban J connectivity index is 2.16. The van der Waals surface area contributed by atoms with Crippen LogP contribution in [0, 0.1) is 0 Å². The van der Waals surface area contributed by atoms with Crippen molar-refractivity contribution in [1.29, 1.82) is 0 Å². The third kappa shape index (κ3) is 3.56. The smallest absolute Gasteiger partial charge is 0.244 e. The Labute approximate surface area is 140 Å². The monoisotopic (exact) mass is 364 g/mol. The predicted octanol–water partition coefficient (Wildman–Crippen LogP) is 2.62. The molecule has 0 radical (unpaired) electrons. The molecule has 0 saturated carbocycles. The number of hydrogen-bond donors (Lipinski definition) is 0. The minimum atomic E-state index is -3.67. The van der Waals surface area contributed by atoms with Crippen molar-refractivity contribution < 1.29 is 13.2 Å². The van der Waals surface area contributed by atoms with E-state index in [1.165, 1.54) is 23.4 Å². The summed E-state index contributed by atoms with van der Waals surface area (Å²) in [5.41, 5.74) is 0. The highest BCUT2D eigenvalue weighted by molar-refractivity contribution is 7.89. The quantitative estimate of drug-likeness (QED) is 0.828. The fraction of sp³-hybridized carbons (Fsp3) is 0.500. The van der Waals surface area contributed by atoms with Crippen LogP contribution in [0.5, 0.6) is 0 Å². The Hall–Kier alpha value is -0.820. The number of benzene rings is 1. The number of piperidine rings is 1. The number of amides is 1. The van der Waals surface area contributed by atoms with Crippen LogP contribution in [-0.4, -0.2) is 49.7 Å². The van der Waals surface area contributed by atoms with E-state index in [-0.39, 0.29) is 21.9 Å². The first-order valence-corrected chi connectivity index (χ1v) is 9.11. The van der Waals surface area contributed by atoms with Crippen LogP contribution < -0.4 is 0 Å². The molecule has 0 aliphatic carbocycles. The first kappa shape index (κ1) is 17.5. The van der Waals surface area contributed by atoms with Crippen molar-refractivity contribution in [2.45, 2.75) is 30.7 Å². The van der Waals surface area contributed by atoms with Gasteiger partial charge in [0.15, 0.2) is 0 Å². The standard InChI is InChI=1S/C14H18Cl2N2O3S/c1-10(19)17(2)12-5-7-18(8-6-12)22(20,21)14-9-11(15)3-4-13(14)16/h3-4,9,12H,5-8H2,1-2H3. The second kappa shape index (κ2) is 6.74. The van der Waals surface area contributed by atoms with E-state index < -0.39 is 10.0 Å². The molecular formula is C14H18Cl2N2O3S. The molecular weight excluding hydrogens is 347 g/mol. The van der Waals surface area contributed by atoms with Crippen molar-refractivity contribution in [3.8, 4) is 0 Å². The molecule has 0 bridgehead atoms. The Bertz CT molecular complexity index is 671. The third-order valence-electron chi connectivity index (χ3n) is 3.98. The molecule has 1 aromatic rings. The molecule has 0 atom stereocenters. The van der Waals surface area contributed by atoms with Gasteiger partial charge in [-0.2, -0.15) is 4.31 Å². The van der Waals surface area contributed by atoms with E-state index in [1.807, 2.05) is 0 Å². The van der Waals surface area contributed by atoms with Crippen molar-refractivity contribution in [2.24, 2.45) is 0 Å². The highest BCUT2D eigenvalue weighted by Crippen LogP contribution is 2.29. The molecule has 22 heavy (non-hydrogen) atoms. The predicted molar refractivity (Wildman–Crippen MR) is 86.7 cm³/mol. The summed E-state index contributed by atoms with van der Waals surface area (Å²) in [7, 11) is -1.93. The fourth-order valence-electron chi connectivity index (χ4n) is 2.54. The summed E-state index contributed by atoms with van der Waals surface area (Å²) in [5, 5.41) is 0.488. The summed E-state index contributed by atoms with van der Waals surface area (Å²) in [6.45, 7) is 2.22. The number of halogens is 2. The summed E-state index contributed by atoms with van der Waals surface area (Å²) in [6, 6.07) is 4.47. The van der Waals surface area contributed by atoms with Gasteiger partial charge < -0.3 is 4.90 Å². The second-order valence-corrected chi connectivity index (χ2v) is 8.09. The van der Waals surface area contributed by atoms with E-state index in [0.717, 1.165) is 0 Å². The van der Waals surface area contributed by atoms with Crippen molar-refractivity contribution in [3.05, 3.63) is 28.2 Å². The Morgan fingerprint density at radius 2 is 1.86 bits per heavy atom. The maximum atomic E-state index is 12.7. The molecule has 1 heterocycles. The van der Waals surface area contributed by atoms with Crippen LogP contribution in [0.25, 0.3) is 0 Å². The van der Waals surface area contributed by atoms with E-state index in [9.17, 15) is 13.2 Å². The van der Waals surface area contributed by atoms with Gasteiger partial charge in [0.2, 0.25) is 15.9 Å². The van der Waals surface area contributed by atoms with Crippen LogP contribution >= 0.6 is 23.2 Å². The number of hydrogen-bond acceptors (Lipinski definition) is 3. The molecule has 1 amide bonds. The van der Waals surface area contributed by atoms with Gasteiger partial charge in [0, 0.05) is 38.1 Å². The average Bonchev–Trinajstić information content (AvgIpc) is 2.48. The second-order valence-electron chi connectivity index (χ2n) is 5.34. The molecule has 122 valence electrons. The normalized spacial score (nSPS) is 17.5. The molecule has 5 nitrogen and oxygen atoms in total. The van der Waals surface area contributed by atoms with Gasteiger partial charge in [-0.1, -0.05) is 23.2 Å². The zero-order valence-electron chi connectivity index (χ0n) is 12.4. The Morgan fingerprint density at radius 3 is 2.41 bits per heavy atom. The lowest BCUT2D eigenvalue weighted by molar-refractivity contribution is -0.130. The molecule has 2 rings (SSSR count). The van der Waals surface area contributed by atoms with Crippen LogP contribution in [0.15, 0.2) is 23.1 Å². The molecule has 1 saturated heterocycles. The van der Waals surface area contributed by atoms with E-state index in [0.29, 0.717) is 31.0 Å². The van der Waals surface area contributed by atoms with Crippen LogP contribution in [0.3, 0.4) is 0 Å². The molecule has 1 aliphatic heterocycles. The van der Waals surface area contributed by atoms with Crippen LogP contribution in [0.1, 0.15) is 19.8 Å². The van der Waals surface area contributed by atoms with Crippen LogP contribution in [0.2, 0.25) is 10.0 Å². The summed E-state index contributed by atoms with van der Waals surface area (Å²) < 4.78 is 26.7. The van der Waals surface area contributed by atoms with Crippen molar-refractivity contribution in [1.82, 2.24) is 9.21 Å². The van der Waals surface area contributed by atoms with Gasteiger partial charge in [0.1, 0.15) is 4.90 Å². The highest BCUT2D eigenvalue weighted by atomic mass is 35.5. The maximum absolute atomic E-state index is 12.7. The molecule has 0 N–H and O–H groups in total. The van der Waals surface area contributed by atoms with Gasteiger partial charge in [-0.15, -0.1) is 0 Å². The highest BCUT2D eigenvalue weighted by Gasteiger charge is 2.32. The molecule has 8 heteroatoms. The van der Waals surface area contributed by atoms with Crippen molar-refractivity contribution in [2.75, 3.05) is 20.1 Å². The maximum Gasteiger partial charge on any atom is 0.244 e. The first-order chi connectivity index (χ1) is 10.2. The van der Waals surface area contributed by atoms with E-state index in [2.05, 4.69) is 0 Å². The lowest BCUT2D eigenvalue weighted by atomic mass is 10.1. The van der Waals surface area contributed by atoms with E-state index in [1.54, 1.807) is 18.0 Å². The average molecular weight is 365 g/mol. The molecule has 1 aliphatic rings. The summed E-state index contributed by atoms with van der Waals surface area (Å²) in [6.07, 6.45) is 1.21. The van der Waals surface area contributed by atoms with Crippen LogP contribution in [-0.2, 0) is 14.8 Å². The van der Waals surface area contributed by atoms with Crippen molar-refractivity contribution in [3.63, 3.8) is 0 Å². The Kier molecular flexibility index (Phi) is 5.37. The van der Waals surface area contributed by atoms with Gasteiger partial charge >= 0.3 is 0 Å². The SMILES string of the molecule is CC(=O)N(C)C1CCN(S(=O)(=O)c2cc(Cl)ccc2Cl)CC1. The number of carbonyl (C=O) groups excluding carboxylic acids is 1. The number of nitrogens with zero attached hydrogens (tertiary/aromatic N) is 2. The van der Waals surface area contributed by atoms with Crippen LogP contribution in [0.4, 0.5) is 0 Å². The summed E-state index contributed by atoms with van der Waals surface area (Å²) in [5.74, 6) is -0.0146. The molecule has 0 unspecified atom stereocenters. The van der Waals surface area contributed by atoms with E-state index in [4.69, 9.17) is 23.2 Å². The van der Waals surface area contributed by atoms with E-state index >= 15 is 0 Å². The minimum absolute atomic E-state index is 0.0146. The van der Waals surface area contributed by atoms with Gasteiger partial charge in [0.05, 0.1) is 5.02 Å². The zero-order chi connectivity index (χ0) is 16.5. The van der Waals surface area contributed by atoms with Crippen molar-refractivity contribution >= 4 is 39.1 Å². The van der Waals surface area contributed by atoms with Gasteiger partial charge in [-0.25, -0.2) is 8.42 Å². The van der Waals surface area contributed by atoms with Gasteiger partial charge in [-0.05, 0) is 31.0 Å². The van der Waals surface area contributed by atoms with Gasteiger partial charge in [-0.3, -0.25) is 4.79 Å². The fourth-order valence-corrected chi connectivity index (χ4v) is 4.75. The lowest BCUT2D eigenvalue weighted by Crippen LogP contribution is -2.46. The minimum Gasteiger partial charge on any atom is -0.343 e. The number of rotatable bonds is 3. The molecule has 0 aromatic heterocycles. The molecule has 0 spiro atoms. The third-order valence-corrected chi connectivity index (χ3v) is 6.59. The number of sulfonamides is 1. The number of carbonyl (C=O) groups is 1. The largest absolute Gasteiger partial charge is 0.343 e. The molecule has 1 fully saturated rings. The first-order valence-electron chi connectivity index (χ1n) is 6.92. The lowest BCUT2D eigenvalue weighted by Gasteiger charge is -2.35. The topological polar surface area (TPSA) is 57.7 Å². The summed E-state index contributed by atoms with van der Waals surface area (Å²) >= 11 is 11.9. The zero-order valence-corrected chi connectivity index (χ0v) is 14.7.